The van der Waals surface area contributed by atoms with E-state index in [0.717, 1.165) is 0 Å². The number of anilines is 1. The van der Waals surface area contributed by atoms with Crippen LogP contribution in [0.1, 0.15) is 53.1 Å². The first-order chi connectivity index (χ1) is 10.1. The summed E-state index contributed by atoms with van der Waals surface area (Å²) >= 11 is 0. The van der Waals surface area contributed by atoms with E-state index in [1.54, 1.807) is 0 Å². The van der Waals surface area contributed by atoms with Crippen LogP contribution in [0.3, 0.4) is 0 Å². The summed E-state index contributed by atoms with van der Waals surface area (Å²) in [5, 5.41) is 3.84. The molecule has 0 spiro atoms. The Hall–Kier alpha value is -1.76. The van der Waals surface area contributed by atoms with Crippen molar-refractivity contribution in [2.45, 2.75) is 52.5 Å². The number of fused-ring (bicyclic) bond motifs is 1. The highest BCUT2D eigenvalue weighted by Crippen LogP contribution is 2.33. The van der Waals surface area contributed by atoms with Crippen molar-refractivity contribution in [3.63, 3.8) is 0 Å². The van der Waals surface area contributed by atoms with Gasteiger partial charge in [-0.15, -0.1) is 0 Å². The molecule has 0 saturated heterocycles. The number of hydrogen-bond acceptors (Lipinski definition) is 1. The Morgan fingerprint density at radius 3 is 2.43 bits per heavy atom. The van der Waals surface area contributed by atoms with Crippen LogP contribution in [0.5, 0.6) is 0 Å². The average Bonchev–Trinajstić information content (AvgIpc) is 2.65. The van der Waals surface area contributed by atoms with Crippen LogP contribution < -0.4 is 5.32 Å². The van der Waals surface area contributed by atoms with E-state index in [0.29, 0.717) is 6.04 Å². The third kappa shape index (κ3) is 2.97. The van der Waals surface area contributed by atoms with Crippen molar-refractivity contribution < 1.29 is 0 Å². The minimum Gasteiger partial charge on any atom is -0.378 e. The zero-order valence-electron chi connectivity index (χ0n) is 13.4. The smallest absolute Gasteiger partial charge is 0.0516 e. The molecule has 0 radical (unpaired) electrons. The number of rotatable bonds is 2. The third-order valence-electron chi connectivity index (χ3n) is 4.62. The number of hydrogen-bond donors (Lipinski definition) is 1. The van der Waals surface area contributed by atoms with Gasteiger partial charge in [-0.25, -0.2) is 0 Å². The van der Waals surface area contributed by atoms with Gasteiger partial charge in [-0.2, -0.15) is 0 Å². The van der Waals surface area contributed by atoms with Crippen LogP contribution >= 0.6 is 0 Å². The highest BCUT2D eigenvalue weighted by atomic mass is 14.9. The molecule has 0 amide bonds. The predicted molar refractivity (Wildman–Crippen MR) is 91.0 cm³/mol. The second-order valence-corrected chi connectivity index (χ2v) is 6.42. The Morgan fingerprint density at radius 2 is 1.67 bits per heavy atom. The predicted octanol–water partition coefficient (Wildman–Crippen LogP) is 5.49. The van der Waals surface area contributed by atoms with Gasteiger partial charge in [0, 0.05) is 5.69 Å². The Bertz CT molecular complexity index is 619. The summed E-state index contributed by atoms with van der Waals surface area (Å²) in [4.78, 5) is 0. The van der Waals surface area contributed by atoms with Crippen molar-refractivity contribution in [2.24, 2.45) is 0 Å². The number of aryl methyl sites for hydroxylation is 4. The summed E-state index contributed by atoms with van der Waals surface area (Å²) in [5.41, 5.74) is 8.40. The van der Waals surface area contributed by atoms with Crippen LogP contribution in [0, 0.1) is 20.8 Å². The molecule has 1 aliphatic carbocycles. The van der Waals surface area contributed by atoms with Crippen molar-refractivity contribution in [1.82, 2.24) is 0 Å². The normalized spacial score (nSPS) is 18.0. The zero-order chi connectivity index (χ0) is 14.8. The fourth-order valence-corrected chi connectivity index (χ4v) is 3.65. The van der Waals surface area contributed by atoms with E-state index in [1.807, 2.05) is 0 Å². The summed E-state index contributed by atoms with van der Waals surface area (Å²) in [6, 6.07) is 13.9. The van der Waals surface area contributed by atoms with Crippen LogP contribution in [-0.4, -0.2) is 0 Å². The van der Waals surface area contributed by atoms with Crippen molar-refractivity contribution in [3.8, 4) is 0 Å². The van der Waals surface area contributed by atoms with Gasteiger partial charge in [0.1, 0.15) is 0 Å². The lowest BCUT2D eigenvalue weighted by molar-refractivity contribution is 0.643. The van der Waals surface area contributed by atoms with E-state index >= 15 is 0 Å². The van der Waals surface area contributed by atoms with E-state index in [-0.39, 0.29) is 0 Å². The Morgan fingerprint density at radius 1 is 0.952 bits per heavy atom. The van der Waals surface area contributed by atoms with E-state index in [4.69, 9.17) is 0 Å². The van der Waals surface area contributed by atoms with Crippen LogP contribution in [0.4, 0.5) is 5.69 Å². The molecule has 2 aromatic carbocycles. The summed E-state index contributed by atoms with van der Waals surface area (Å²) in [6.07, 6.45) is 5.06. The molecule has 1 aliphatic rings. The molecule has 1 N–H and O–H groups in total. The molecule has 0 fully saturated rings. The van der Waals surface area contributed by atoms with Gasteiger partial charge in [-0.05, 0) is 62.3 Å². The van der Waals surface area contributed by atoms with Crippen LogP contribution in [0.2, 0.25) is 0 Å². The number of benzene rings is 2. The molecule has 0 aliphatic heterocycles. The Balaban J connectivity index is 1.95. The van der Waals surface area contributed by atoms with E-state index in [1.165, 1.54) is 59.2 Å². The topological polar surface area (TPSA) is 12.0 Å². The summed E-state index contributed by atoms with van der Waals surface area (Å²) in [5.74, 6) is 0. The molecule has 1 atom stereocenters. The van der Waals surface area contributed by atoms with Gasteiger partial charge in [0.05, 0.1) is 6.04 Å². The molecular weight excluding hydrogens is 254 g/mol. The molecule has 1 unspecified atom stereocenters. The molecule has 0 bridgehead atoms. The maximum atomic E-state index is 3.84. The van der Waals surface area contributed by atoms with E-state index < -0.39 is 0 Å². The highest BCUT2D eigenvalue weighted by molar-refractivity contribution is 5.59. The quantitative estimate of drug-likeness (QED) is 0.717. The minimum atomic E-state index is 0.448. The molecule has 110 valence electrons. The molecule has 1 nitrogen and oxygen atoms in total. The summed E-state index contributed by atoms with van der Waals surface area (Å²) in [7, 11) is 0. The molecule has 21 heavy (non-hydrogen) atoms. The van der Waals surface area contributed by atoms with Gasteiger partial charge >= 0.3 is 0 Å². The summed E-state index contributed by atoms with van der Waals surface area (Å²) in [6.45, 7) is 6.60. The van der Waals surface area contributed by atoms with Crippen molar-refractivity contribution in [2.75, 3.05) is 5.32 Å². The standard InChI is InChI=1S/C20H25N/c1-14-12-15(2)20(16(3)13-14)21-19-11-7-5-9-17-8-4-6-10-18(17)19/h4,6,8,10,12-13,19,21H,5,7,9,11H2,1-3H3. The Kier molecular flexibility index (Phi) is 4.01. The van der Waals surface area contributed by atoms with Gasteiger partial charge in [0.25, 0.3) is 0 Å². The zero-order valence-corrected chi connectivity index (χ0v) is 13.4. The third-order valence-corrected chi connectivity index (χ3v) is 4.62. The fourth-order valence-electron chi connectivity index (χ4n) is 3.65. The monoisotopic (exact) mass is 279 g/mol. The second-order valence-electron chi connectivity index (χ2n) is 6.42. The summed E-state index contributed by atoms with van der Waals surface area (Å²) < 4.78 is 0. The molecule has 3 rings (SSSR count). The van der Waals surface area contributed by atoms with Crippen LogP contribution in [-0.2, 0) is 6.42 Å². The highest BCUT2D eigenvalue weighted by Gasteiger charge is 2.19. The first-order valence-electron chi connectivity index (χ1n) is 8.07. The van der Waals surface area contributed by atoms with Crippen LogP contribution in [0.15, 0.2) is 36.4 Å². The van der Waals surface area contributed by atoms with E-state index in [9.17, 15) is 0 Å². The lowest BCUT2D eigenvalue weighted by Gasteiger charge is -2.23. The van der Waals surface area contributed by atoms with Crippen LogP contribution in [0.25, 0.3) is 0 Å². The maximum absolute atomic E-state index is 3.84. The fraction of sp³-hybridized carbons (Fsp3) is 0.400. The lowest BCUT2D eigenvalue weighted by Crippen LogP contribution is -2.13. The largest absolute Gasteiger partial charge is 0.378 e. The van der Waals surface area contributed by atoms with Gasteiger partial charge in [0.15, 0.2) is 0 Å². The average molecular weight is 279 g/mol. The minimum absolute atomic E-state index is 0.448. The first-order valence-corrected chi connectivity index (χ1v) is 8.07. The van der Waals surface area contributed by atoms with E-state index in [2.05, 4.69) is 62.5 Å². The number of nitrogens with one attached hydrogen (secondary N) is 1. The van der Waals surface area contributed by atoms with Gasteiger partial charge in [-0.3, -0.25) is 0 Å². The van der Waals surface area contributed by atoms with Gasteiger partial charge < -0.3 is 5.32 Å². The molecular formula is C20H25N. The van der Waals surface area contributed by atoms with Crippen molar-refractivity contribution >= 4 is 5.69 Å². The van der Waals surface area contributed by atoms with Crippen molar-refractivity contribution in [3.05, 3.63) is 64.2 Å². The van der Waals surface area contributed by atoms with Gasteiger partial charge in [0.2, 0.25) is 0 Å². The van der Waals surface area contributed by atoms with Gasteiger partial charge in [-0.1, -0.05) is 48.4 Å². The molecule has 1 heteroatoms. The maximum Gasteiger partial charge on any atom is 0.0516 e. The first kappa shape index (κ1) is 14.2. The lowest BCUT2D eigenvalue weighted by atomic mass is 9.97. The second kappa shape index (κ2) is 5.93. The molecule has 0 aromatic heterocycles. The SMILES string of the molecule is Cc1cc(C)c(NC2CCCCc3ccccc32)c(C)c1. The van der Waals surface area contributed by atoms with Crippen molar-refractivity contribution in [1.29, 1.82) is 0 Å². The molecule has 2 aromatic rings. The molecule has 0 saturated carbocycles. The Labute approximate surface area is 128 Å². The molecule has 0 heterocycles.